The van der Waals surface area contributed by atoms with Crippen LogP contribution in [0.5, 0.6) is 0 Å². The smallest absolute Gasteiger partial charge is 0.190 e. The Morgan fingerprint density at radius 3 is 2.54 bits per heavy atom. The quantitative estimate of drug-likeness (QED) is 0.735. The summed E-state index contributed by atoms with van der Waals surface area (Å²) in [5, 5.41) is 20.5. The number of carbonyl (C=O) groups is 3. The molecule has 0 amide bonds. The second-order valence-electron chi connectivity index (χ2n) is 9.29. The van der Waals surface area contributed by atoms with Crippen LogP contribution in [0.1, 0.15) is 58.8 Å². The summed E-state index contributed by atoms with van der Waals surface area (Å²) in [6.45, 7) is 3.37. The Balaban J connectivity index is 1.72. The molecule has 3 fully saturated rings. The maximum absolute atomic E-state index is 12.9. The zero-order chi connectivity index (χ0) is 18.9. The van der Waals surface area contributed by atoms with E-state index >= 15 is 0 Å². The molecule has 0 aromatic heterocycles. The highest BCUT2D eigenvalue weighted by molar-refractivity contribution is 6.11. The van der Waals surface area contributed by atoms with Gasteiger partial charge in [0.15, 0.2) is 17.3 Å². The van der Waals surface area contributed by atoms with Crippen LogP contribution in [-0.4, -0.2) is 39.8 Å². The van der Waals surface area contributed by atoms with E-state index in [1.165, 1.54) is 0 Å². The molecule has 0 aliphatic heterocycles. The van der Waals surface area contributed by atoms with Crippen LogP contribution in [0, 0.1) is 28.6 Å². The molecule has 142 valence electrons. The van der Waals surface area contributed by atoms with Crippen LogP contribution in [0.15, 0.2) is 11.6 Å². The molecule has 0 bridgehead atoms. The number of rotatable bonds is 2. The lowest BCUT2D eigenvalue weighted by atomic mass is 9.46. The Morgan fingerprint density at radius 2 is 1.85 bits per heavy atom. The van der Waals surface area contributed by atoms with Crippen molar-refractivity contribution in [2.75, 3.05) is 6.61 Å². The number of ketones is 3. The molecule has 0 heterocycles. The average Bonchev–Trinajstić information content (AvgIpc) is 2.88. The SMILES string of the molecule is C[C@]12C(=O)CC(=O)C=C1CC[C@H]1[C@@H]2CC[C@@]2(C)[C@H]1CC[C@]2(O)C(=O)CO. The van der Waals surface area contributed by atoms with Gasteiger partial charge in [-0.2, -0.15) is 0 Å². The van der Waals surface area contributed by atoms with E-state index in [0.29, 0.717) is 12.8 Å². The predicted octanol–water partition coefficient (Wildman–Crippen LogP) is 1.99. The van der Waals surface area contributed by atoms with Crippen molar-refractivity contribution < 1.29 is 24.6 Å². The zero-order valence-corrected chi connectivity index (χ0v) is 15.6. The molecular formula is C21H28O5. The fraction of sp³-hybridized carbons (Fsp3) is 0.762. The first kappa shape index (κ1) is 18.1. The summed E-state index contributed by atoms with van der Waals surface area (Å²) in [4.78, 5) is 37.1. The first-order valence-electron chi connectivity index (χ1n) is 9.82. The van der Waals surface area contributed by atoms with Gasteiger partial charge in [-0.3, -0.25) is 14.4 Å². The monoisotopic (exact) mass is 360 g/mol. The Bertz CT molecular complexity index is 724. The Hall–Kier alpha value is -1.33. The molecule has 26 heavy (non-hydrogen) atoms. The maximum atomic E-state index is 12.9. The van der Waals surface area contributed by atoms with Gasteiger partial charge >= 0.3 is 0 Å². The van der Waals surface area contributed by atoms with E-state index in [2.05, 4.69) is 0 Å². The van der Waals surface area contributed by atoms with E-state index in [1.54, 1.807) is 6.08 Å². The maximum Gasteiger partial charge on any atom is 0.190 e. The molecule has 0 aromatic carbocycles. The van der Waals surface area contributed by atoms with Crippen LogP contribution in [0.2, 0.25) is 0 Å². The van der Waals surface area contributed by atoms with Gasteiger partial charge in [-0.1, -0.05) is 12.5 Å². The number of carbonyl (C=O) groups excluding carboxylic acids is 3. The van der Waals surface area contributed by atoms with Crippen molar-refractivity contribution in [3.05, 3.63) is 11.6 Å². The van der Waals surface area contributed by atoms with Gasteiger partial charge in [0.05, 0.1) is 11.8 Å². The number of aliphatic hydroxyl groups is 2. The van der Waals surface area contributed by atoms with E-state index in [1.807, 2.05) is 13.8 Å². The molecule has 4 rings (SSSR count). The number of allylic oxidation sites excluding steroid dienone is 1. The van der Waals surface area contributed by atoms with Gasteiger partial charge in [0.2, 0.25) is 0 Å². The summed E-state index contributed by atoms with van der Waals surface area (Å²) >= 11 is 0. The van der Waals surface area contributed by atoms with E-state index in [0.717, 1.165) is 31.3 Å². The van der Waals surface area contributed by atoms with Gasteiger partial charge < -0.3 is 10.2 Å². The van der Waals surface area contributed by atoms with Crippen molar-refractivity contribution >= 4 is 17.3 Å². The van der Waals surface area contributed by atoms with Crippen LogP contribution in [0.4, 0.5) is 0 Å². The molecule has 4 aliphatic rings. The van der Waals surface area contributed by atoms with Crippen molar-refractivity contribution in [2.24, 2.45) is 28.6 Å². The Morgan fingerprint density at radius 1 is 1.15 bits per heavy atom. The van der Waals surface area contributed by atoms with Gasteiger partial charge in [0, 0.05) is 5.41 Å². The van der Waals surface area contributed by atoms with Gasteiger partial charge in [-0.05, 0) is 69.3 Å². The first-order valence-corrected chi connectivity index (χ1v) is 9.82. The Kier molecular flexibility index (Phi) is 3.88. The van der Waals surface area contributed by atoms with Crippen LogP contribution in [0.3, 0.4) is 0 Å². The minimum atomic E-state index is -1.46. The van der Waals surface area contributed by atoms with E-state index < -0.39 is 28.8 Å². The number of Topliss-reactive ketones (excluding diaryl/α,β-unsaturated/α-hetero) is 2. The molecule has 4 aliphatic carbocycles. The Labute approximate surface area is 153 Å². The van der Waals surface area contributed by atoms with E-state index in [4.69, 9.17) is 0 Å². The van der Waals surface area contributed by atoms with Crippen LogP contribution < -0.4 is 0 Å². The van der Waals surface area contributed by atoms with Crippen LogP contribution >= 0.6 is 0 Å². The molecule has 5 nitrogen and oxygen atoms in total. The van der Waals surface area contributed by atoms with Crippen molar-refractivity contribution in [3.63, 3.8) is 0 Å². The largest absolute Gasteiger partial charge is 0.388 e. The number of hydrogen-bond donors (Lipinski definition) is 2. The van der Waals surface area contributed by atoms with Crippen molar-refractivity contribution in [2.45, 2.75) is 64.4 Å². The molecule has 5 heteroatoms. The number of hydrogen-bond acceptors (Lipinski definition) is 5. The van der Waals surface area contributed by atoms with E-state index in [9.17, 15) is 24.6 Å². The lowest BCUT2D eigenvalue weighted by molar-refractivity contribution is -0.166. The third kappa shape index (κ3) is 2.02. The average molecular weight is 360 g/mol. The van der Waals surface area contributed by atoms with Crippen LogP contribution in [-0.2, 0) is 14.4 Å². The first-order chi connectivity index (χ1) is 12.2. The highest BCUT2D eigenvalue weighted by Gasteiger charge is 2.66. The number of aliphatic hydroxyl groups excluding tert-OH is 1. The van der Waals surface area contributed by atoms with E-state index in [-0.39, 0.29) is 35.7 Å². The third-order valence-electron chi connectivity index (χ3n) is 8.60. The fourth-order valence-corrected chi connectivity index (χ4v) is 7.03. The summed E-state index contributed by atoms with van der Waals surface area (Å²) < 4.78 is 0. The molecular weight excluding hydrogens is 332 g/mol. The molecule has 0 saturated heterocycles. The lowest BCUT2D eigenvalue weighted by Gasteiger charge is -2.58. The van der Waals surface area contributed by atoms with Gasteiger partial charge in [0.25, 0.3) is 0 Å². The standard InChI is InChI=1S/C21H28O5/c1-19-7-5-16-14(15(19)6-8-21(19,26)18(25)11-22)4-3-12-9-13(23)10-17(24)20(12,16)2/h9,14-16,22,26H,3-8,10-11H2,1-2H3/t14-,15+,16+,19+,20+,21+/m1/s1. The zero-order valence-electron chi connectivity index (χ0n) is 15.6. The predicted molar refractivity (Wildman–Crippen MR) is 94.1 cm³/mol. The van der Waals surface area contributed by atoms with Crippen molar-refractivity contribution in [3.8, 4) is 0 Å². The molecule has 6 atom stereocenters. The topological polar surface area (TPSA) is 91.7 Å². The normalized spacial score (nSPS) is 47.7. The lowest BCUT2D eigenvalue weighted by Crippen LogP contribution is -2.59. The summed E-state index contributed by atoms with van der Waals surface area (Å²) in [5.41, 5.74) is -1.58. The number of fused-ring (bicyclic) bond motifs is 5. The summed E-state index contributed by atoms with van der Waals surface area (Å²) in [6, 6.07) is 0. The minimum absolute atomic E-state index is 0.00189. The third-order valence-corrected chi connectivity index (χ3v) is 8.60. The van der Waals surface area contributed by atoms with Gasteiger partial charge in [-0.15, -0.1) is 0 Å². The molecule has 3 saturated carbocycles. The van der Waals surface area contributed by atoms with Crippen molar-refractivity contribution in [1.29, 1.82) is 0 Å². The summed E-state index contributed by atoms with van der Waals surface area (Å²) in [7, 11) is 0. The highest BCUT2D eigenvalue weighted by Crippen LogP contribution is 2.67. The molecule has 0 aromatic rings. The summed E-state index contributed by atoms with van der Waals surface area (Å²) in [5.74, 6) is 0.109. The van der Waals surface area contributed by atoms with Gasteiger partial charge in [-0.25, -0.2) is 0 Å². The fourth-order valence-electron chi connectivity index (χ4n) is 7.03. The van der Waals surface area contributed by atoms with Crippen molar-refractivity contribution in [1.82, 2.24) is 0 Å². The molecule has 0 radical (unpaired) electrons. The van der Waals surface area contributed by atoms with Crippen LogP contribution in [0.25, 0.3) is 0 Å². The molecule has 0 unspecified atom stereocenters. The molecule has 2 N–H and O–H groups in total. The van der Waals surface area contributed by atoms with Gasteiger partial charge in [0.1, 0.15) is 12.2 Å². The minimum Gasteiger partial charge on any atom is -0.388 e. The second-order valence-corrected chi connectivity index (χ2v) is 9.29. The molecule has 0 spiro atoms. The second kappa shape index (κ2) is 5.59. The summed E-state index contributed by atoms with van der Waals surface area (Å²) in [6.07, 6.45) is 5.93. The highest BCUT2D eigenvalue weighted by atomic mass is 16.3.